The molecular weight excluding hydrogens is 210 g/mol. The number of benzene rings is 1. The molecule has 0 spiro atoms. The van der Waals surface area contributed by atoms with E-state index in [1.54, 1.807) is 7.11 Å². The minimum absolute atomic E-state index is 0.277. The van der Waals surface area contributed by atoms with Gasteiger partial charge in [0.15, 0.2) is 0 Å². The van der Waals surface area contributed by atoms with E-state index in [0.717, 1.165) is 19.6 Å². The van der Waals surface area contributed by atoms with Crippen LogP contribution in [0, 0.1) is 5.41 Å². The van der Waals surface area contributed by atoms with Gasteiger partial charge in [-0.2, -0.15) is 0 Å². The molecule has 0 bridgehead atoms. The molecule has 17 heavy (non-hydrogen) atoms. The number of methoxy groups -OCH3 is 1. The van der Waals surface area contributed by atoms with E-state index in [1.165, 1.54) is 5.56 Å². The van der Waals surface area contributed by atoms with Gasteiger partial charge in [-0.15, -0.1) is 0 Å². The maximum Gasteiger partial charge on any atom is 0.0467 e. The Labute approximate surface area is 105 Å². The highest BCUT2D eigenvalue weighted by molar-refractivity contribution is 5.18. The fraction of sp³-hybridized carbons (Fsp3) is 0.600. The molecule has 1 rings (SSSR count). The number of ether oxygens (including phenoxy) is 1. The molecule has 2 heteroatoms. The highest BCUT2D eigenvalue weighted by atomic mass is 16.5. The Kier molecular flexibility index (Phi) is 5.66. The second kappa shape index (κ2) is 6.77. The third kappa shape index (κ3) is 5.33. The predicted octanol–water partition coefficient (Wildman–Crippen LogP) is 3.40. The fourth-order valence-corrected chi connectivity index (χ4v) is 1.76. The topological polar surface area (TPSA) is 21.3 Å². The zero-order valence-electron chi connectivity index (χ0n) is 11.5. The quantitative estimate of drug-likeness (QED) is 0.782. The molecular formula is C15H25NO. The lowest BCUT2D eigenvalue weighted by atomic mass is 9.89. The lowest BCUT2D eigenvalue weighted by molar-refractivity contribution is 0.149. The summed E-state index contributed by atoms with van der Waals surface area (Å²) >= 11 is 0. The Morgan fingerprint density at radius 1 is 1.24 bits per heavy atom. The molecule has 0 radical (unpaired) electrons. The van der Waals surface area contributed by atoms with Crippen LogP contribution < -0.4 is 5.32 Å². The van der Waals surface area contributed by atoms with E-state index in [9.17, 15) is 0 Å². The maximum atomic E-state index is 5.14. The van der Waals surface area contributed by atoms with Gasteiger partial charge in [-0.25, -0.2) is 0 Å². The average molecular weight is 235 g/mol. The number of hydrogen-bond acceptors (Lipinski definition) is 2. The van der Waals surface area contributed by atoms with Crippen LogP contribution in [0.25, 0.3) is 0 Å². The van der Waals surface area contributed by atoms with Gasteiger partial charge in [0.25, 0.3) is 0 Å². The van der Waals surface area contributed by atoms with Crippen molar-refractivity contribution in [1.82, 2.24) is 5.32 Å². The minimum atomic E-state index is 0.277. The van der Waals surface area contributed by atoms with Gasteiger partial charge in [0, 0.05) is 26.3 Å². The van der Waals surface area contributed by atoms with Gasteiger partial charge in [0.05, 0.1) is 0 Å². The van der Waals surface area contributed by atoms with E-state index in [4.69, 9.17) is 4.74 Å². The Morgan fingerprint density at radius 2 is 1.88 bits per heavy atom. The summed E-state index contributed by atoms with van der Waals surface area (Å²) in [5.41, 5.74) is 1.62. The van der Waals surface area contributed by atoms with Crippen molar-refractivity contribution in [2.45, 2.75) is 33.2 Å². The van der Waals surface area contributed by atoms with Crippen molar-refractivity contribution < 1.29 is 4.74 Å². The van der Waals surface area contributed by atoms with E-state index in [1.807, 2.05) is 0 Å². The summed E-state index contributed by atoms with van der Waals surface area (Å²) in [4.78, 5) is 0. The van der Waals surface area contributed by atoms with Crippen LogP contribution in [0.2, 0.25) is 0 Å². The molecule has 96 valence electrons. The molecule has 1 unspecified atom stereocenters. The molecule has 0 amide bonds. The molecule has 0 saturated carbocycles. The lowest BCUT2D eigenvalue weighted by Gasteiger charge is -2.27. The first-order chi connectivity index (χ1) is 8.05. The molecule has 0 aliphatic heterocycles. The number of rotatable bonds is 7. The smallest absolute Gasteiger partial charge is 0.0467 e. The second-order valence-electron chi connectivity index (χ2n) is 5.42. The standard InChI is InChI=1S/C15H25NO/c1-13(14-8-6-5-7-9-14)16-12-15(2,3)10-11-17-4/h5-9,13,16H,10-12H2,1-4H3. The van der Waals surface area contributed by atoms with Crippen molar-refractivity contribution in [2.24, 2.45) is 5.41 Å². The van der Waals surface area contributed by atoms with Crippen LogP contribution in [0.1, 0.15) is 38.8 Å². The van der Waals surface area contributed by atoms with Crippen molar-refractivity contribution in [1.29, 1.82) is 0 Å². The molecule has 0 aliphatic carbocycles. The molecule has 1 aromatic carbocycles. The van der Waals surface area contributed by atoms with Gasteiger partial charge in [0.2, 0.25) is 0 Å². The van der Waals surface area contributed by atoms with E-state index in [0.29, 0.717) is 6.04 Å². The highest BCUT2D eigenvalue weighted by Gasteiger charge is 2.18. The van der Waals surface area contributed by atoms with Crippen LogP contribution in [0.5, 0.6) is 0 Å². The molecule has 1 atom stereocenters. The molecule has 0 aliphatic rings. The summed E-state index contributed by atoms with van der Waals surface area (Å²) in [5, 5.41) is 3.59. The van der Waals surface area contributed by atoms with Gasteiger partial charge in [-0.1, -0.05) is 44.2 Å². The van der Waals surface area contributed by atoms with Crippen LogP contribution in [-0.4, -0.2) is 20.3 Å². The first kappa shape index (κ1) is 14.2. The van der Waals surface area contributed by atoms with Gasteiger partial charge < -0.3 is 10.1 Å². The van der Waals surface area contributed by atoms with Crippen molar-refractivity contribution in [3.05, 3.63) is 35.9 Å². The van der Waals surface area contributed by atoms with Gasteiger partial charge in [-0.05, 0) is 24.3 Å². The molecule has 1 aromatic rings. The molecule has 2 nitrogen and oxygen atoms in total. The van der Waals surface area contributed by atoms with Crippen LogP contribution in [0.15, 0.2) is 30.3 Å². The maximum absolute atomic E-state index is 5.14. The number of hydrogen-bond donors (Lipinski definition) is 1. The molecule has 0 heterocycles. The van der Waals surface area contributed by atoms with Gasteiger partial charge in [0.1, 0.15) is 0 Å². The predicted molar refractivity (Wildman–Crippen MR) is 73.1 cm³/mol. The van der Waals surface area contributed by atoms with Crippen LogP contribution in [0.4, 0.5) is 0 Å². The Balaban J connectivity index is 2.40. The summed E-state index contributed by atoms with van der Waals surface area (Å²) in [6, 6.07) is 11.0. The van der Waals surface area contributed by atoms with Crippen LogP contribution >= 0.6 is 0 Å². The summed E-state index contributed by atoms with van der Waals surface area (Å²) in [6.45, 7) is 8.59. The van der Waals surface area contributed by atoms with Gasteiger partial charge in [-0.3, -0.25) is 0 Å². The summed E-state index contributed by atoms with van der Waals surface area (Å²) in [7, 11) is 1.76. The van der Waals surface area contributed by atoms with Crippen LogP contribution in [0.3, 0.4) is 0 Å². The summed E-state index contributed by atoms with van der Waals surface area (Å²) in [6.07, 6.45) is 1.08. The first-order valence-electron chi connectivity index (χ1n) is 6.32. The largest absolute Gasteiger partial charge is 0.385 e. The Bertz CT molecular complexity index is 308. The lowest BCUT2D eigenvalue weighted by Crippen LogP contribution is -2.32. The van der Waals surface area contributed by atoms with Crippen molar-refractivity contribution in [3.8, 4) is 0 Å². The third-order valence-corrected chi connectivity index (χ3v) is 3.17. The SMILES string of the molecule is COCCC(C)(C)CNC(C)c1ccccc1. The molecule has 1 N–H and O–H groups in total. The van der Waals surface area contributed by atoms with Gasteiger partial charge >= 0.3 is 0 Å². The third-order valence-electron chi connectivity index (χ3n) is 3.17. The number of nitrogens with one attached hydrogen (secondary N) is 1. The van der Waals surface area contributed by atoms with Crippen LogP contribution in [-0.2, 0) is 4.74 Å². The van der Waals surface area contributed by atoms with E-state index >= 15 is 0 Å². The normalized spacial score (nSPS) is 13.6. The first-order valence-corrected chi connectivity index (χ1v) is 6.32. The Hall–Kier alpha value is -0.860. The monoisotopic (exact) mass is 235 g/mol. The molecule has 0 saturated heterocycles. The Morgan fingerprint density at radius 3 is 2.47 bits per heavy atom. The molecule has 0 fully saturated rings. The average Bonchev–Trinajstić information content (AvgIpc) is 2.35. The summed E-state index contributed by atoms with van der Waals surface area (Å²) < 4.78 is 5.14. The van der Waals surface area contributed by atoms with Crippen molar-refractivity contribution in [2.75, 3.05) is 20.3 Å². The zero-order chi connectivity index (χ0) is 12.7. The van der Waals surface area contributed by atoms with Crippen molar-refractivity contribution in [3.63, 3.8) is 0 Å². The summed E-state index contributed by atoms with van der Waals surface area (Å²) in [5.74, 6) is 0. The van der Waals surface area contributed by atoms with E-state index in [-0.39, 0.29) is 5.41 Å². The van der Waals surface area contributed by atoms with E-state index < -0.39 is 0 Å². The zero-order valence-corrected chi connectivity index (χ0v) is 11.5. The fourth-order valence-electron chi connectivity index (χ4n) is 1.76. The minimum Gasteiger partial charge on any atom is -0.385 e. The second-order valence-corrected chi connectivity index (χ2v) is 5.42. The van der Waals surface area contributed by atoms with Crippen molar-refractivity contribution >= 4 is 0 Å². The molecule has 0 aromatic heterocycles. The van der Waals surface area contributed by atoms with E-state index in [2.05, 4.69) is 56.4 Å². The highest BCUT2D eigenvalue weighted by Crippen LogP contribution is 2.21.